The van der Waals surface area contributed by atoms with E-state index in [1.807, 2.05) is 36.7 Å². The Balaban J connectivity index is 2.16. The lowest BCUT2D eigenvalue weighted by Crippen LogP contribution is -2.19. The summed E-state index contributed by atoms with van der Waals surface area (Å²) in [6.07, 6.45) is 19.7. The predicted octanol–water partition coefficient (Wildman–Crippen LogP) is 4.81. The van der Waals surface area contributed by atoms with Gasteiger partial charge in [0.25, 0.3) is 0 Å². The molecule has 0 radical (unpaired) electrons. The minimum absolute atomic E-state index is 0.0917. The van der Waals surface area contributed by atoms with E-state index in [0.29, 0.717) is 0 Å². The third-order valence-corrected chi connectivity index (χ3v) is 3.16. The highest BCUT2D eigenvalue weighted by molar-refractivity contribution is 6.20. The lowest BCUT2D eigenvalue weighted by Gasteiger charge is -2.21. The number of nitrogens with zero attached hydrogens (tertiary/aromatic N) is 1. The SMILES string of the molecule is CCCCCCCC(Cl)N1C=CC=CC=C1. The van der Waals surface area contributed by atoms with Gasteiger partial charge in [-0.2, -0.15) is 0 Å². The zero-order valence-electron chi connectivity index (χ0n) is 10.1. The van der Waals surface area contributed by atoms with Crippen molar-refractivity contribution in [2.75, 3.05) is 0 Å². The van der Waals surface area contributed by atoms with Crippen LogP contribution in [0.5, 0.6) is 0 Å². The third-order valence-electron chi connectivity index (χ3n) is 2.72. The first-order valence-corrected chi connectivity index (χ1v) is 6.71. The van der Waals surface area contributed by atoms with Crippen LogP contribution in [-0.2, 0) is 0 Å². The summed E-state index contributed by atoms with van der Waals surface area (Å²) >= 11 is 6.34. The van der Waals surface area contributed by atoms with Crippen molar-refractivity contribution in [3.63, 3.8) is 0 Å². The van der Waals surface area contributed by atoms with Crippen LogP contribution in [0.4, 0.5) is 0 Å². The largest absolute Gasteiger partial charge is 0.338 e. The minimum Gasteiger partial charge on any atom is -0.338 e. The van der Waals surface area contributed by atoms with Crippen LogP contribution in [0.15, 0.2) is 36.7 Å². The molecule has 1 rings (SSSR count). The van der Waals surface area contributed by atoms with Crippen molar-refractivity contribution in [2.24, 2.45) is 0 Å². The van der Waals surface area contributed by atoms with Crippen molar-refractivity contribution in [3.8, 4) is 0 Å². The fraction of sp³-hybridized carbons (Fsp3) is 0.571. The molecule has 1 nitrogen and oxygen atoms in total. The van der Waals surface area contributed by atoms with Gasteiger partial charge in [0, 0.05) is 12.4 Å². The predicted molar refractivity (Wildman–Crippen MR) is 72.3 cm³/mol. The Bertz CT molecular complexity index is 239. The molecule has 0 saturated carbocycles. The van der Waals surface area contributed by atoms with Crippen LogP contribution in [-0.4, -0.2) is 10.4 Å². The molecule has 90 valence electrons. The van der Waals surface area contributed by atoms with E-state index >= 15 is 0 Å². The van der Waals surface area contributed by atoms with Gasteiger partial charge in [0.2, 0.25) is 0 Å². The van der Waals surface area contributed by atoms with E-state index in [4.69, 9.17) is 11.6 Å². The van der Waals surface area contributed by atoms with Gasteiger partial charge in [-0.15, -0.1) is 0 Å². The summed E-state index contributed by atoms with van der Waals surface area (Å²) in [7, 11) is 0. The quantitative estimate of drug-likeness (QED) is 0.350. The molecule has 0 fully saturated rings. The first-order valence-electron chi connectivity index (χ1n) is 6.27. The summed E-state index contributed by atoms with van der Waals surface area (Å²) in [4.78, 5) is 2.07. The molecule has 1 atom stereocenters. The summed E-state index contributed by atoms with van der Waals surface area (Å²) in [5, 5.41) is 0. The highest BCUT2D eigenvalue weighted by Gasteiger charge is 2.09. The van der Waals surface area contributed by atoms with Gasteiger partial charge in [0.05, 0.1) is 0 Å². The van der Waals surface area contributed by atoms with Gasteiger partial charge in [-0.05, 0) is 18.6 Å². The number of alkyl halides is 1. The standard InChI is InChI=1S/C14H22ClN/c1-2-3-4-5-8-11-14(15)16-12-9-6-7-10-13-16/h6-7,9-10,12-14H,2-5,8,11H2,1H3. The van der Waals surface area contributed by atoms with Crippen molar-refractivity contribution in [3.05, 3.63) is 36.7 Å². The molecule has 0 saturated heterocycles. The number of unbranched alkanes of at least 4 members (excludes halogenated alkanes) is 4. The normalized spacial score (nSPS) is 16.5. The van der Waals surface area contributed by atoms with Crippen LogP contribution in [0.3, 0.4) is 0 Å². The Labute approximate surface area is 104 Å². The molecule has 0 amide bonds. The topological polar surface area (TPSA) is 3.24 Å². The molecule has 1 unspecified atom stereocenters. The number of hydrogen-bond acceptors (Lipinski definition) is 1. The van der Waals surface area contributed by atoms with Crippen molar-refractivity contribution in [1.29, 1.82) is 0 Å². The van der Waals surface area contributed by atoms with Crippen molar-refractivity contribution in [2.45, 2.75) is 50.9 Å². The lowest BCUT2D eigenvalue weighted by atomic mass is 10.1. The molecule has 0 aromatic rings. The van der Waals surface area contributed by atoms with Gasteiger partial charge in [0.15, 0.2) is 0 Å². The fourth-order valence-electron chi connectivity index (χ4n) is 1.73. The summed E-state index contributed by atoms with van der Waals surface area (Å²) < 4.78 is 0. The van der Waals surface area contributed by atoms with Crippen LogP contribution in [0.25, 0.3) is 0 Å². The van der Waals surface area contributed by atoms with Gasteiger partial charge < -0.3 is 4.90 Å². The van der Waals surface area contributed by atoms with Crippen molar-refractivity contribution < 1.29 is 0 Å². The maximum absolute atomic E-state index is 6.34. The van der Waals surface area contributed by atoms with Gasteiger partial charge in [-0.1, -0.05) is 62.8 Å². The zero-order valence-corrected chi connectivity index (χ0v) is 10.9. The third kappa shape index (κ3) is 5.41. The highest BCUT2D eigenvalue weighted by Crippen LogP contribution is 2.16. The second kappa shape index (κ2) is 8.46. The van der Waals surface area contributed by atoms with Crippen LogP contribution in [0.1, 0.15) is 45.4 Å². The fourth-order valence-corrected chi connectivity index (χ4v) is 2.01. The monoisotopic (exact) mass is 239 g/mol. The Kier molecular flexibility index (Phi) is 7.07. The molecule has 2 heteroatoms. The van der Waals surface area contributed by atoms with E-state index in [-0.39, 0.29) is 5.50 Å². The van der Waals surface area contributed by atoms with Crippen LogP contribution >= 0.6 is 11.6 Å². The lowest BCUT2D eigenvalue weighted by molar-refractivity contribution is 0.425. The minimum atomic E-state index is 0.0917. The first kappa shape index (κ1) is 13.4. The van der Waals surface area contributed by atoms with Gasteiger partial charge >= 0.3 is 0 Å². The van der Waals surface area contributed by atoms with Crippen molar-refractivity contribution in [1.82, 2.24) is 4.90 Å². The Morgan fingerprint density at radius 2 is 1.56 bits per heavy atom. The Hall–Kier alpha value is -0.690. The second-order valence-corrected chi connectivity index (χ2v) is 4.66. The van der Waals surface area contributed by atoms with Crippen LogP contribution in [0.2, 0.25) is 0 Å². The number of halogens is 1. The molecular weight excluding hydrogens is 218 g/mol. The summed E-state index contributed by atoms with van der Waals surface area (Å²) in [5.74, 6) is 0. The van der Waals surface area contributed by atoms with E-state index in [0.717, 1.165) is 6.42 Å². The molecule has 1 heterocycles. The van der Waals surface area contributed by atoms with Gasteiger partial charge in [0.1, 0.15) is 5.50 Å². The molecular formula is C14H22ClN. The number of hydrogen-bond donors (Lipinski definition) is 0. The highest BCUT2D eigenvalue weighted by atomic mass is 35.5. The molecule has 0 N–H and O–H groups in total. The average molecular weight is 240 g/mol. The molecule has 1 aliphatic rings. The Morgan fingerprint density at radius 1 is 0.938 bits per heavy atom. The molecule has 0 aliphatic carbocycles. The second-order valence-electron chi connectivity index (χ2n) is 4.15. The van der Waals surface area contributed by atoms with Crippen LogP contribution in [0, 0.1) is 0 Å². The van der Waals surface area contributed by atoms with Crippen LogP contribution < -0.4 is 0 Å². The number of rotatable bonds is 7. The molecule has 1 aliphatic heterocycles. The maximum Gasteiger partial charge on any atom is 0.107 e. The van der Waals surface area contributed by atoms with Gasteiger partial charge in [-0.3, -0.25) is 0 Å². The maximum atomic E-state index is 6.34. The first-order chi connectivity index (χ1) is 7.84. The number of allylic oxidation sites excluding steroid dienone is 4. The summed E-state index contributed by atoms with van der Waals surface area (Å²) in [6.45, 7) is 2.24. The van der Waals surface area contributed by atoms with E-state index in [9.17, 15) is 0 Å². The van der Waals surface area contributed by atoms with E-state index in [1.165, 1.54) is 32.1 Å². The average Bonchev–Trinajstić information content (AvgIpc) is 2.57. The molecule has 0 bridgehead atoms. The summed E-state index contributed by atoms with van der Waals surface area (Å²) in [6, 6.07) is 0. The molecule has 0 spiro atoms. The van der Waals surface area contributed by atoms with Crippen molar-refractivity contribution >= 4 is 11.6 Å². The molecule has 16 heavy (non-hydrogen) atoms. The van der Waals surface area contributed by atoms with E-state index in [1.54, 1.807) is 0 Å². The van der Waals surface area contributed by atoms with E-state index in [2.05, 4.69) is 11.8 Å². The summed E-state index contributed by atoms with van der Waals surface area (Å²) in [5.41, 5.74) is 0.0917. The molecule has 0 aromatic carbocycles. The molecule has 0 aromatic heterocycles. The zero-order chi connectivity index (χ0) is 11.6. The van der Waals surface area contributed by atoms with Gasteiger partial charge in [-0.25, -0.2) is 0 Å². The van der Waals surface area contributed by atoms with E-state index < -0.39 is 0 Å². The Morgan fingerprint density at radius 3 is 2.19 bits per heavy atom. The smallest absolute Gasteiger partial charge is 0.107 e.